The van der Waals surface area contributed by atoms with Crippen LogP contribution in [0.25, 0.3) is 89.1 Å². The van der Waals surface area contributed by atoms with E-state index in [2.05, 4.69) is 235 Å². The summed E-state index contributed by atoms with van der Waals surface area (Å²) in [7, 11) is 0. The van der Waals surface area contributed by atoms with Gasteiger partial charge in [0.1, 0.15) is 0 Å². The van der Waals surface area contributed by atoms with E-state index in [9.17, 15) is 0 Å². The molecule has 4 nitrogen and oxygen atoms in total. The van der Waals surface area contributed by atoms with E-state index in [0.29, 0.717) is 5.82 Å². The lowest BCUT2D eigenvalue weighted by atomic mass is 9.64. The molecule has 0 fully saturated rings. The van der Waals surface area contributed by atoms with E-state index < -0.39 is 5.41 Å². The Bertz CT molecular complexity index is 3880. The van der Waals surface area contributed by atoms with Crippen molar-refractivity contribution >= 4 is 38.7 Å². The number of rotatable bonds is 6. The fourth-order valence-corrected chi connectivity index (χ4v) is 11.3. The maximum absolute atomic E-state index is 5.41. The zero-order valence-corrected chi connectivity index (χ0v) is 38.0. The van der Waals surface area contributed by atoms with Crippen molar-refractivity contribution in [1.82, 2.24) is 15.0 Å². The van der Waals surface area contributed by atoms with Crippen molar-refractivity contribution in [2.24, 2.45) is 0 Å². The summed E-state index contributed by atoms with van der Waals surface area (Å²) in [6.07, 6.45) is 0. The summed E-state index contributed by atoms with van der Waals surface area (Å²) in [5.41, 5.74) is 20.4. The molecule has 1 aliphatic heterocycles. The van der Waals surface area contributed by atoms with E-state index >= 15 is 0 Å². The van der Waals surface area contributed by atoms with Crippen LogP contribution in [0.3, 0.4) is 0 Å². The molecule has 0 amide bonds. The van der Waals surface area contributed by atoms with Gasteiger partial charge in [-0.15, -0.1) is 0 Å². The third kappa shape index (κ3) is 6.13. The number of pyridine rings is 1. The predicted molar refractivity (Wildman–Crippen MR) is 288 cm³/mol. The topological polar surface area (TPSA) is 41.9 Å². The molecule has 0 saturated carbocycles. The lowest BCUT2D eigenvalue weighted by Gasteiger charge is -2.45. The second kappa shape index (κ2) is 15.9. The third-order valence-corrected chi connectivity index (χ3v) is 14.5. The summed E-state index contributed by atoms with van der Waals surface area (Å²) in [6, 6.07) is 91.9. The Hall–Kier alpha value is -9.25. The molecular formula is C66H42N4. The van der Waals surface area contributed by atoms with E-state index in [0.717, 1.165) is 83.8 Å². The number of aromatic nitrogens is 3. The molecule has 14 rings (SSSR count). The highest BCUT2D eigenvalue weighted by atomic mass is 15.2. The van der Waals surface area contributed by atoms with Crippen LogP contribution in [-0.4, -0.2) is 15.0 Å². The lowest BCUT2D eigenvalue weighted by molar-refractivity contribution is 0.754. The van der Waals surface area contributed by atoms with E-state index in [4.69, 9.17) is 15.0 Å². The van der Waals surface area contributed by atoms with Crippen LogP contribution < -0.4 is 4.90 Å². The minimum Gasteiger partial charge on any atom is -0.310 e. The number of hydrogen-bond acceptors (Lipinski definition) is 4. The lowest BCUT2D eigenvalue weighted by Crippen LogP contribution is -2.36. The maximum atomic E-state index is 5.41. The fourth-order valence-electron chi connectivity index (χ4n) is 11.3. The first kappa shape index (κ1) is 39.9. The van der Waals surface area contributed by atoms with Crippen LogP contribution in [0.4, 0.5) is 17.1 Å². The number of anilines is 3. The zero-order valence-electron chi connectivity index (χ0n) is 38.0. The summed E-state index contributed by atoms with van der Waals surface area (Å²) in [5.74, 6) is 0.703. The molecule has 0 unspecified atom stereocenters. The Balaban J connectivity index is 1.01. The molecule has 4 heteroatoms. The Kier molecular flexibility index (Phi) is 9.08. The van der Waals surface area contributed by atoms with Gasteiger partial charge in [0.25, 0.3) is 0 Å². The number of nitrogens with zero attached hydrogens (tertiary/aromatic N) is 4. The van der Waals surface area contributed by atoms with Gasteiger partial charge in [-0.3, -0.25) is 0 Å². The van der Waals surface area contributed by atoms with Gasteiger partial charge in [-0.2, -0.15) is 0 Å². The second-order valence-electron chi connectivity index (χ2n) is 18.3. The largest absolute Gasteiger partial charge is 0.310 e. The summed E-state index contributed by atoms with van der Waals surface area (Å²) >= 11 is 0. The number of benzene rings is 10. The van der Waals surface area contributed by atoms with Crippen LogP contribution in [0, 0.1) is 0 Å². The highest BCUT2D eigenvalue weighted by molar-refractivity contribution is 6.14. The first-order chi connectivity index (χ1) is 34.7. The van der Waals surface area contributed by atoms with Gasteiger partial charge in [-0.25, -0.2) is 15.0 Å². The van der Waals surface area contributed by atoms with Crippen molar-refractivity contribution in [2.45, 2.75) is 5.41 Å². The molecule has 0 atom stereocenters. The van der Waals surface area contributed by atoms with Gasteiger partial charge in [0.2, 0.25) is 0 Å². The van der Waals surface area contributed by atoms with Crippen molar-refractivity contribution in [3.8, 4) is 67.4 Å². The monoisotopic (exact) mass is 890 g/mol. The third-order valence-electron chi connectivity index (χ3n) is 14.5. The molecule has 1 aliphatic carbocycles. The van der Waals surface area contributed by atoms with Crippen LogP contribution in [0.5, 0.6) is 0 Å². The molecular weight excluding hydrogens is 849 g/mol. The molecule has 0 bridgehead atoms. The van der Waals surface area contributed by atoms with Crippen LogP contribution in [0.15, 0.2) is 255 Å². The van der Waals surface area contributed by atoms with Gasteiger partial charge in [-0.05, 0) is 98.4 Å². The van der Waals surface area contributed by atoms with Gasteiger partial charge in [-0.1, -0.05) is 206 Å². The average molecular weight is 891 g/mol. The molecule has 12 aromatic rings. The fraction of sp³-hybridized carbons (Fsp3) is 0.0152. The molecule has 0 radical (unpaired) electrons. The molecule has 2 aromatic heterocycles. The van der Waals surface area contributed by atoms with Crippen LogP contribution in [0.1, 0.15) is 22.3 Å². The SMILES string of the molecule is c1ccc(-c2cc(-c3ccc(-c4ccc5c(c4)C4(c6ccccc6-c6ccccc64)c4cc6c(cc4N5c4ccccc4)c(-c4ccccc4)nc4ccccc46)cc3)nc(-c3ccccc3)n2)cc1. The second-order valence-corrected chi connectivity index (χ2v) is 18.3. The first-order valence-corrected chi connectivity index (χ1v) is 23.9. The van der Waals surface area contributed by atoms with Gasteiger partial charge in [0.15, 0.2) is 5.82 Å². The Labute approximate surface area is 406 Å². The highest BCUT2D eigenvalue weighted by Gasteiger charge is 2.52. The van der Waals surface area contributed by atoms with Gasteiger partial charge in [0.05, 0.1) is 39.4 Å². The van der Waals surface area contributed by atoms with E-state index in [-0.39, 0.29) is 0 Å². The standard InChI is InChI=1S/C66H42N4/c1-5-19-44(20-6-1)60-42-61(69-65(68-60)47-23-9-3-10-24-47)45-35-33-43(34-36-45)48-37-38-62-57(39-48)66(55-30-16-13-27-50(55)51-28-14-17-31-56(51)66)58-40-53-52-29-15-18-32-59(52)67-64(46-21-7-2-8-22-46)54(53)41-63(58)70(62)49-25-11-4-12-26-49/h1-42H. The number of fused-ring (bicyclic) bond motifs is 12. The van der Waals surface area contributed by atoms with Gasteiger partial charge >= 0.3 is 0 Å². The summed E-state index contributed by atoms with van der Waals surface area (Å²) in [4.78, 5) is 18.1. The Morgan fingerprint density at radius 3 is 1.49 bits per heavy atom. The normalized spacial score (nSPS) is 12.9. The van der Waals surface area contributed by atoms with Crippen LogP contribution in [0.2, 0.25) is 0 Å². The zero-order chi connectivity index (χ0) is 46.2. The quantitative estimate of drug-likeness (QED) is 0.156. The van der Waals surface area contributed by atoms with Gasteiger partial charge < -0.3 is 4.90 Å². The van der Waals surface area contributed by atoms with E-state index in [1.54, 1.807) is 0 Å². The van der Waals surface area contributed by atoms with Gasteiger partial charge in [0, 0.05) is 38.7 Å². The summed E-state index contributed by atoms with van der Waals surface area (Å²) in [6.45, 7) is 0. The minimum absolute atomic E-state index is 0.660. The Morgan fingerprint density at radius 2 is 0.814 bits per heavy atom. The average Bonchev–Trinajstić information content (AvgIpc) is 3.74. The van der Waals surface area contributed by atoms with Crippen molar-refractivity contribution in [2.75, 3.05) is 4.90 Å². The van der Waals surface area contributed by atoms with Crippen molar-refractivity contribution in [3.05, 3.63) is 277 Å². The number of hydrogen-bond donors (Lipinski definition) is 0. The van der Waals surface area contributed by atoms with Crippen molar-refractivity contribution in [3.63, 3.8) is 0 Å². The molecule has 10 aromatic carbocycles. The first-order valence-electron chi connectivity index (χ1n) is 23.9. The summed E-state index contributed by atoms with van der Waals surface area (Å²) in [5, 5.41) is 3.44. The maximum Gasteiger partial charge on any atom is 0.160 e. The van der Waals surface area contributed by atoms with Crippen LogP contribution >= 0.6 is 0 Å². The molecule has 70 heavy (non-hydrogen) atoms. The minimum atomic E-state index is -0.660. The van der Waals surface area contributed by atoms with Crippen molar-refractivity contribution in [1.29, 1.82) is 0 Å². The summed E-state index contributed by atoms with van der Waals surface area (Å²) < 4.78 is 0. The smallest absolute Gasteiger partial charge is 0.160 e. The number of para-hydroxylation sites is 2. The molecule has 3 heterocycles. The van der Waals surface area contributed by atoms with Crippen LogP contribution in [-0.2, 0) is 5.41 Å². The molecule has 2 aliphatic rings. The van der Waals surface area contributed by atoms with E-state index in [1.807, 2.05) is 24.3 Å². The van der Waals surface area contributed by atoms with E-state index in [1.165, 1.54) is 38.8 Å². The molecule has 1 spiro atoms. The molecule has 326 valence electrons. The Morgan fingerprint density at radius 1 is 0.300 bits per heavy atom. The molecule has 0 N–H and O–H groups in total. The predicted octanol–water partition coefficient (Wildman–Crippen LogP) is 16.7. The highest BCUT2D eigenvalue weighted by Crippen LogP contribution is 2.64. The van der Waals surface area contributed by atoms with Crippen molar-refractivity contribution < 1.29 is 0 Å². The molecule has 0 saturated heterocycles.